The first kappa shape index (κ1) is 19.9. The molecule has 0 radical (unpaired) electrons. The Kier molecular flexibility index (Phi) is 6.38. The van der Waals surface area contributed by atoms with Crippen molar-refractivity contribution in [3.8, 4) is 5.75 Å². The summed E-state index contributed by atoms with van der Waals surface area (Å²) in [6.45, 7) is 2.34. The zero-order valence-electron chi connectivity index (χ0n) is 17.2. The van der Waals surface area contributed by atoms with E-state index >= 15 is 0 Å². The second-order valence-electron chi connectivity index (χ2n) is 9.60. The quantitative estimate of drug-likeness (QED) is 0.421. The van der Waals surface area contributed by atoms with Gasteiger partial charge in [-0.05, 0) is 92.4 Å². The molecule has 0 aliphatic heterocycles. The molecule has 0 bridgehead atoms. The minimum Gasteiger partial charge on any atom is -0.426 e. The third-order valence-electron chi connectivity index (χ3n) is 8.16. The maximum absolute atomic E-state index is 13.1. The van der Waals surface area contributed by atoms with Crippen LogP contribution in [0.3, 0.4) is 0 Å². The number of hydrogen-bond donors (Lipinski definition) is 0. The van der Waals surface area contributed by atoms with Crippen molar-refractivity contribution in [2.24, 2.45) is 35.5 Å². The molecule has 154 valence electrons. The summed E-state index contributed by atoms with van der Waals surface area (Å²) in [7, 11) is 0. The van der Waals surface area contributed by atoms with Crippen LogP contribution < -0.4 is 4.74 Å². The second kappa shape index (κ2) is 8.97. The Hall–Kier alpha value is -1.38. The molecule has 3 aliphatic carbocycles. The normalized spacial score (nSPS) is 35.8. The number of benzene rings is 1. The third kappa shape index (κ3) is 4.44. The lowest BCUT2D eigenvalue weighted by Crippen LogP contribution is -2.40. The van der Waals surface area contributed by atoms with Crippen molar-refractivity contribution in [1.82, 2.24) is 0 Å². The van der Waals surface area contributed by atoms with Gasteiger partial charge < -0.3 is 4.74 Å². The number of fused-ring (bicyclic) bond motifs is 1. The maximum atomic E-state index is 13.1. The minimum absolute atomic E-state index is 0.0283. The van der Waals surface area contributed by atoms with Gasteiger partial charge in [0.25, 0.3) is 0 Å². The van der Waals surface area contributed by atoms with Crippen molar-refractivity contribution >= 4 is 5.97 Å². The molecule has 1 aromatic carbocycles. The highest BCUT2D eigenvalue weighted by molar-refractivity contribution is 5.75. The monoisotopic (exact) mass is 386 g/mol. The van der Waals surface area contributed by atoms with E-state index in [1.165, 1.54) is 69.9 Å². The fraction of sp³-hybridized carbons (Fsp3) is 0.720. The third-order valence-corrected chi connectivity index (χ3v) is 8.16. The van der Waals surface area contributed by atoms with Crippen LogP contribution in [0.15, 0.2) is 24.3 Å². The van der Waals surface area contributed by atoms with E-state index in [0.29, 0.717) is 17.6 Å². The average molecular weight is 387 g/mol. The first-order valence-corrected chi connectivity index (χ1v) is 11.6. The molecule has 28 heavy (non-hydrogen) atoms. The van der Waals surface area contributed by atoms with E-state index in [-0.39, 0.29) is 17.7 Å². The van der Waals surface area contributed by atoms with Crippen molar-refractivity contribution in [3.63, 3.8) is 0 Å². The lowest BCUT2D eigenvalue weighted by molar-refractivity contribution is -0.144. The summed E-state index contributed by atoms with van der Waals surface area (Å²) < 4.78 is 18.7. The molecule has 3 fully saturated rings. The molecule has 0 heterocycles. The molecule has 0 aromatic heterocycles. The van der Waals surface area contributed by atoms with Crippen LogP contribution in [0.1, 0.15) is 77.6 Å². The van der Waals surface area contributed by atoms with Crippen LogP contribution >= 0.6 is 0 Å². The van der Waals surface area contributed by atoms with Crippen LogP contribution in [-0.2, 0) is 4.79 Å². The fourth-order valence-electron chi connectivity index (χ4n) is 6.48. The van der Waals surface area contributed by atoms with Gasteiger partial charge in [-0.2, -0.15) is 0 Å². The zero-order chi connectivity index (χ0) is 19.5. The smallest absolute Gasteiger partial charge is 0.314 e. The maximum Gasteiger partial charge on any atom is 0.314 e. The summed E-state index contributed by atoms with van der Waals surface area (Å²) in [5, 5.41) is 0. The fourth-order valence-corrected chi connectivity index (χ4v) is 6.48. The molecular formula is C25H35FO2. The molecule has 3 heteroatoms. The molecule has 3 aliphatic rings. The minimum atomic E-state index is -0.302. The molecule has 4 atom stereocenters. The predicted molar refractivity (Wildman–Crippen MR) is 109 cm³/mol. The topological polar surface area (TPSA) is 26.3 Å². The van der Waals surface area contributed by atoms with E-state index in [2.05, 4.69) is 6.92 Å². The van der Waals surface area contributed by atoms with Crippen LogP contribution in [-0.4, -0.2) is 5.97 Å². The second-order valence-corrected chi connectivity index (χ2v) is 9.60. The molecular weight excluding hydrogens is 351 g/mol. The Bertz CT molecular complexity index is 647. The van der Waals surface area contributed by atoms with Crippen molar-refractivity contribution in [2.45, 2.75) is 77.6 Å². The Morgan fingerprint density at radius 1 is 0.929 bits per heavy atom. The van der Waals surface area contributed by atoms with E-state index in [9.17, 15) is 9.18 Å². The lowest BCUT2D eigenvalue weighted by atomic mass is 9.59. The summed E-state index contributed by atoms with van der Waals surface area (Å²) in [5.74, 6) is 4.06. The largest absolute Gasteiger partial charge is 0.426 e. The van der Waals surface area contributed by atoms with Gasteiger partial charge >= 0.3 is 5.97 Å². The van der Waals surface area contributed by atoms with Crippen LogP contribution in [0.25, 0.3) is 0 Å². The summed E-state index contributed by atoms with van der Waals surface area (Å²) in [6, 6.07) is 5.81. The first-order chi connectivity index (χ1) is 13.6. The Morgan fingerprint density at radius 3 is 2.36 bits per heavy atom. The van der Waals surface area contributed by atoms with Crippen LogP contribution in [0.4, 0.5) is 4.39 Å². The van der Waals surface area contributed by atoms with Crippen molar-refractivity contribution in [3.05, 3.63) is 30.1 Å². The molecule has 1 aromatic rings. The summed E-state index contributed by atoms with van der Waals surface area (Å²) in [4.78, 5) is 12.8. The van der Waals surface area contributed by atoms with Crippen molar-refractivity contribution in [1.29, 1.82) is 0 Å². The summed E-state index contributed by atoms with van der Waals surface area (Å²) >= 11 is 0. The van der Waals surface area contributed by atoms with Crippen LogP contribution in [0.2, 0.25) is 0 Å². The molecule has 1 unspecified atom stereocenters. The predicted octanol–water partition coefficient (Wildman–Crippen LogP) is 6.78. The summed E-state index contributed by atoms with van der Waals surface area (Å²) in [5.41, 5.74) is 0. The van der Waals surface area contributed by atoms with Gasteiger partial charge in [0, 0.05) is 0 Å². The zero-order valence-corrected chi connectivity index (χ0v) is 17.2. The summed E-state index contributed by atoms with van der Waals surface area (Å²) in [6.07, 6.45) is 14.2. The highest BCUT2D eigenvalue weighted by Gasteiger charge is 2.43. The number of esters is 1. The molecule has 0 saturated heterocycles. The standard InChI is InChI=1S/C25H35FO2/c1-2-17-6-8-18(9-7-17)19-10-15-23-20(16-19)4-3-5-24(23)25(27)28-22-13-11-21(26)12-14-22/h11-14,17-20,23-24H,2-10,15-16H2,1H3/t17?,18?,19?,20-,23+,24-/m0/s1. The Morgan fingerprint density at radius 2 is 1.64 bits per heavy atom. The van der Waals surface area contributed by atoms with Gasteiger partial charge in [-0.25, -0.2) is 4.39 Å². The van der Waals surface area contributed by atoms with E-state index < -0.39 is 0 Å². The van der Waals surface area contributed by atoms with Crippen LogP contribution in [0.5, 0.6) is 5.75 Å². The highest BCUT2D eigenvalue weighted by atomic mass is 19.1. The van der Waals surface area contributed by atoms with E-state index in [1.54, 1.807) is 12.1 Å². The SMILES string of the molecule is CCC1CCC(C2CC[C@@H]3[C@@H](CCC[C@@H]3C(=O)Oc3ccc(F)cc3)C2)CC1. The Labute approximate surface area is 169 Å². The van der Waals surface area contributed by atoms with Gasteiger partial charge in [-0.1, -0.05) is 39.0 Å². The molecule has 0 N–H and O–H groups in total. The molecule has 0 spiro atoms. The van der Waals surface area contributed by atoms with Gasteiger partial charge in [0.1, 0.15) is 11.6 Å². The van der Waals surface area contributed by atoms with Gasteiger partial charge in [0.2, 0.25) is 0 Å². The number of halogens is 1. The van der Waals surface area contributed by atoms with E-state index in [1.807, 2.05) is 0 Å². The lowest BCUT2D eigenvalue weighted by Gasteiger charge is -2.46. The molecule has 0 amide bonds. The average Bonchev–Trinajstić information content (AvgIpc) is 2.74. The number of carbonyl (C=O) groups excluding carboxylic acids is 1. The van der Waals surface area contributed by atoms with Crippen LogP contribution in [0, 0.1) is 41.3 Å². The molecule has 4 rings (SSSR count). The number of ether oxygens (including phenoxy) is 1. The van der Waals surface area contributed by atoms with Gasteiger partial charge in [0.15, 0.2) is 0 Å². The number of carbonyl (C=O) groups is 1. The van der Waals surface area contributed by atoms with E-state index in [4.69, 9.17) is 4.74 Å². The van der Waals surface area contributed by atoms with Crippen molar-refractivity contribution in [2.75, 3.05) is 0 Å². The first-order valence-electron chi connectivity index (χ1n) is 11.6. The number of hydrogen-bond acceptors (Lipinski definition) is 2. The molecule has 3 saturated carbocycles. The van der Waals surface area contributed by atoms with E-state index in [0.717, 1.165) is 30.6 Å². The van der Waals surface area contributed by atoms with Gasteiger partial charge in [0.05, 0.1) is 5.92 Å². The van der Waals surface area contributed by atoms with Gasteiger partial charge in [-0.3, -0.25) is 4.79 Å². The number of rotatable bonds is 4. The highest BCUT2D eigenvalue weighted by Crippen LogP contribution is 2.50. The molecule has 2 nitrogen and oxygen atoms in total. The Balaban J connectivity index is 1.34. The van der Waals surface area contributed by atoms with Crippen molar-refractivity contribution < 1.29 is 13.9 Å². The van der Waals surface area contributed by atoms with Gasteiger partial charge in [-0.15, -0.1) is 0 Å².